The maximum Gasteiger partial charge on any atom is 0.381 e. The van der Waals surface area contributed by atoms with Crippen LogP contribution >= 0.6 is 0 Å². The first-order valence-electron chi connectivity index (χ1n) is 8.66. The van der Waals surface area contributed by atoms with E-state index in [1.165, 1.54) is 38.3 Å². The summed E-state index contributed by atoms with van der Waals surface area (Å²) in [6.07, 6.45) is -1.79. The number of aliphatic hydroxyl groups is 1. The van der Waals surface area contributed by atoms with Gasteiger partial charge in [-0.25, -0.2) is 0 Å². The first-order chi connectivity index (χ1) is 13.7. The molecule has 0 atom stereocenters. The Bertz CT molecular complexity index is 999. The molecule has 3 rings (SSSR count). The number of hydrogen-bond acceptors (Lipinski definition) is 3. The van der Waals surface area contributed by atoms with Gasteiger partial charge in [-0.2, -0.15) is 13.2 Å². The van der Waals surface area contributed by atoms with E-state index in [2.05, 4.69) is 11.1 Å². The predicted octanol–water partition coefficient (Wildman–Crippen LogP) is 6.27. The van der Waals surface area contributed by atoms with E-state index in [1.54, 1.807) is 12.1 Å². The van der Waals surface area contributed by atoms with E-state index in [9.17, 15) is 18.0 Å². The Morgan fingerprint density at radius 1 is 1.03 bits per heavy atom. The minimum Gasteiger partial charge on any atom is -0.512 e. The Morgan fingerprint density at radius 3 is 2.23 bits per heavy atom. The molecule has 1 aromatic heterocycles. The van der Waals surface area contributed by atoms with Crippen molar-refractivity contribution in [2.75, 3.05) is 0 Å². The van der Waals surface area contributed by atoms with Gasteiger partial charge >= 0.3 is 6.18 Å². The fraction of sp³-hybridized carbons (Fsp3) is 0.130. The zero-order chi connectivity index (χ0) is 21.4. The van der Waals surface area contributed by atoms with Gasteiger partial charge in [-0.1, -0.05) is 36.4 Å². The first kappa shape index (κ1) is 25.3. The number of rotatable bonds is 3. The fourth-order valence-corrected chi connectivity index (χ4v) is 2.62. The van der Waals surface area contributed by atoms with Crippen LogP contribution in [0.5, 0.6) is 0 Å². The number of pyridine rings is 1. The van der Waals surface area contributed by atoms with Crippen LogP contribution < -0.4 is 0 Å². The van der Waals surface area contributed by atoms with E-state index < -0.39 is 11.7 Å². The molecule has 0 radical (unpaired) electrons. The first-order valence-corrected chi connectivity index (χ1v) is 8.66. The van der Waals surface area contributed by atoms with Crippen molar-refractivity contribution in [3.8, 4) is 22.4 Å². The molecule has 0 spiro atoms. The molecule has 160 valence electrons. The monoisotopic (exact) mass is 593 g/mol. The Hall–Kier alpha value is -2.72. The number of benzene rings is 2. The Kier molecular flexibility index (Phi) is 9.67. The standard InChI is InChI=1S/C18H11F3N.C5H8O2.Pt/c19-18(20,21)16-11-5-4-9-15(16)17-14(10-6-12-22-17)13-7-2-1-3-8-13;1-4(6)3-5(2)7;/h1-8,10-12H;3,6H,1-2H3;/q-1;;/b;4-3-;. The average molecular weight is 593 g/mol. The van der Waals surface area contributed by atoms with E-state index in [4.69, 9.17) is 5.11 Å². The van der Waals surface area contributed by atoms with E-state index in [0.717, 1.165) is 11.6 Å². The topological polar surface area (TPSA) is 50.2 Å². The smallest absolute Gasteiger partial charge is 0.381 e. The molecule has 1 N–H and O–H groups in total. The largest absolute Gasteiger partial charge is 0.512 e. The second kappa shape index (κ2) is 11.5. The number of ketones is 1. The van der Waals surface area contributed by atoms with Gasteiger partial charge in [-0.05, 0) is 42.3 Å². The molecular weight excluding hydrogens is 574 g/mol. The molecule has 0 aliphatic heterocycles. The summed E-state index contributed by atoms with van der Waals surface area (Å²) < 4.78 is 39.7. The summed E-state index contributed by atoms with van der Waals surface area (Å²) in [6.45, 7) is 2.85. The van der Waals surface area contributed by atoms with Gasteiger partial charge in [-0.3, -0.25) is 4.79 Å². The van der Waals surface area contributed by atoms with Gasteiger partial charge in [0.1, 0.15) is 0 Å². The third kappa shape index (κ3) is 7.27. The van der Waals surface area contributed by atoms with Crippen LogP contribution in [-0.4, -0.2) is 15.9 Å². The van der Waals surface area contributed by atoms with Crippen LogP contribution in [0, 0.1) is 6.07 Å². The number of aromatic nitrogens is 1. The average Bonchev–Trinajstić information content (AvgIpc) is 2.67. The molecule has 0 amide bonds. The summed E-state index contributed by atoms with van der Waals surface area (Å²) in [4.78, 5) is 14.2. The number of carbonyl (C=O) groups excluding carboxylic acids is 1. The minimum atomic E-state index is -4.45. The minimum absolute atomic E-state index is 0. The Labute approximate surface area is 187 Å². The van der Waals surface area contributed by atoms with Crippen LogP contribution in [0.1, 0.15) is 19.4 Å². The fourth-order valence-electron chi connectivity index (χ4n) is 2.62. The third-order valence-electron chi connectivity index (χ3n) is 3.70. The zero-order valence-electron chi connectivity index (χ0n) is 16.2. The van der Waals surface area contributed by atoms with Crippen molar-refractivity contribution in [3.05, 3.63) is 90.3 Å². The number of nitrogens with zero attached hydrogens (tertiary/aromatic N) is 1. The Morgan fingerprint density at radius 2 is 1.70 bits per heavy atom. The second-order valence-electron chi connectivity index (χ2n) is 6.12. The van der Waals surface area contributed by atoms with Crippen LogP contribution in [0.2, 0.25) is 0 Å². The summed E-state index contributed by atoms with van der Waals surface area (Å²) in [7, 11) is 0. The molecule has 0 unspecified atom stereocenters. The molecule has 3 nitrogen and oxygen atoms in total. The molecular formula is C23H19F3NO2Pt-. The van der Waals surface area contributed by atoms with Crippen molar-refractivity contribution in [1.29, 1.82) is 0 Å². The van der Waals surface area contributed by atoms with Crippen molar-refractivity contribution in [1.82, 2.24) is 4.98 Å². The van der Waals surface area contributed by atoms with Crippen LogP contribution in [0.4, 0.5) is 13.2 Å². The zero-order valence-corrected chi connectivity index (χ0v) is 18.5. The van der Waals surface area contributed by atoms with Crippen LogP contribution in [0.3, 0.4) is 0 Å². The quantitative estimate of drug-likeness (QED) is 0.221. The number of aliphatic hydroxyl groups excluding tert-OH is 1. The van der Waals surface area contributed by atoms with E-state index >= 15 is 0 Å². The molecule has 0 aliphatic carbocycles. The molecule has 7 heteroatoms. The van der Waals surface area contributed by atoms with Crippen LogP contribution in [-0.2, 0) is 32.0 Å². The summed E-state index contributed by atoms with van der Waals surface area (Å²) in [5, 5.41) is 8.36. The van der Waals surface area contributed by atoms with Gasteiger partial charge in [0, 0.05) is 33.3 Å². The van der Waals surface area contributed by atoms with Gasteiger partial charge in [0.05, 0.1) is 5.76 Å². The molecule has 30 heavy (non-hydrogen) atoms. The van der Waals surface area contributed by atoms with Crippen molar-refractivity contribution in [2.24, 2.45) is 0 Å². The molecule has 2 aromatic carbocycles. The van der Waals surface area contributed by atoms with Gasteiger partial charge in [-0.15, -0.1) is 29.8 Å². The summed E-state index contributed by atoms with van der Waals surface area (Å²) in [5.41, 5.74) is 0.981. The van der Waals surface area contributed by atoms with Gasteiger partial charge in [0.2, 0.25) is 0 Å². The molecule has 3 aromatic rings. The van der Waals surface area contributed by atoms with Crippen molar-refractivity contribution in [3.63, 3.8) is 0 Å². The number of alkyl halides is 3. The maximum atomic E-state index is 13.2. The van der Waals surface area contributed by atoms with Crippen molar-refractivity contribution >= 4 is 5.78 Å². The molecule has 0 saturated carbocycles. The number of carbonyl (C=O) groups is 1. The Balaban J connectivity index is 0.000000489. The number of halogens is 3. The molecule has 0 bridgehead atoms. The summed E-state index contributed by atoms with van der Waals surface area (Å²) in [6, 6.07) is 19.2. The number of allylic oxidation sites excluding steroid dienone is 2. The SMILES string of the molecule is CC(=O)/C=C(/C)O.FC(F)(F)c1ccc[c-]c1-c1ncccc1-c1ccccc1.[Pt]. The van der Waals surface area contributed by atoms with E-state index in [0.29, 0.717) is 5.56 Å². The van der Waals surface area contributed by atoms with E-state index in [-0.39, 0.29) is 43.9 Å². The van der Waals surface area contributed by atoms with Crippen LogP contribution in [0.15, 0.2) is 78.7 Å². The van der Waals surface area contributed by atoms with Gasteiger partial charge in [0.15, 0.2) is 5.78 Å². The summed E-state index contributed by atoms with van der Waals surface area (Å²) >= 11 is 0. The second-order valence-corrected chi connectivity index (χ2v) is 6.12. The maximum absolute atomic E-state index is 13.2. The van der Waals surface area contributed by atoms with Crippen molar-refractivity contribution in [2.45, 2.75) is 20.0 Å². The van der Waals surface area contributed by atoms with Crippen LogP contribution in [0.25, 0.3) is 22.4 Å². The number of hydrogen-bond donors (Lipinski definition) is 1. The molecule has 0 fully saturated rings. The van der Waals surface area contributed by atoms with Crippen molar-refractivity contribution < 1.29 is 44.1 Å². The molecule has 1 heterocycles. The summed E-state index contributed by atoms with van der Waals surface area (Å²) in [5.74, 6) is -0.0625. The third-order valence-corrected chi connectivity index (χ3v) is 3.70. The van der Waals surface area contributed by atoms with E-state index in [1.807, 2.05) is 30.3 Å². The normalized spacial score (nSPS) is 11.0. The van der Waals surface area contributed by atoms with Gasteiger partial charge < -0.3 is 10.1 Å². The molecule has 0 saturated heterocycles. The van der Waals surface area contributed by atoms with Gasteiger partial charge in [0.25, 0.3) is 0 Å². The molecule has 0 aliphatic rings. The predicted molar refractivity (Wildman–Crippen MR) is 106 cm³/mol.